The van der Waals surface area contributed by atoms with Gasteiger partial charge >= 0.3 is 16.5 Å². The largest absolute Gasteiger partial charge is 0.399 e. The highest BCUT2D eigenvalue weighted by atomic mass is 31.1. The fourth-order valence-electron chi connectivity index (χ4n) is 6.67. The van der Waals surface area contributed by atoms with Gasteiger partial charge in [0.05, 0.1) is 12.2 Å². The maximum absolute atomic E-state index is 6.58. The molecule has 0 amide bonds. The molecule has 6 rings (SSSR count). The van der Waals surface area contributed by atoms with Crippen molar-refractivity contribution in [1.82, 2.24) is 0 Å². The molecule has 0 fully saturated rings. The fraction of sp³-hybridized carbons (Fsp3) is 0.400. The van der Waals surface area contributed by atoms with E-state index in [9.17, 15) is 0 Å². The third kappa shape index (κ3) is 7.00. The van der Waals surface area contributed by atoms with Crippen molar-refractivity contribution in [3.8, 4) is 0 Å². The van der Waals surface area contributed by atoms with Crippen molar-refractivity contribution in [2.24, 2.45) is 0 Å². The molecule has 2 heterocycles. The van der Waals surface area contributed by atoms with E-state index in [1.54, 1.807) is 0 Å². The van der Waals surface area contributed by atoms with Gasteiger partial charge < -0.3 is 16.8 Å². The number of rotatable bonds is 9. The van der Waals surface area contributed by atoms with Gasteiger partial charge in [-0.05, 0) is 137 Å². The molecular formula is C40H48O6P2. The van der Waals surface area contributed by atoms with Crippen molar-refractivity contribution in [1.29, 1.82) is 0 Å². The summed E-state index contributed by atoms with van der Waals surface area (Å²) in [6, 6.07) is 17.6. The Bertz CT molecular complexity index is 2160. The van der Waals surface area contributed by atoms with Gasteiger partial charge in [0.25, 0.3) is 0 Å². The van der Waals surface area contributed by atoms with E-state index < -0.39 is 16.5 Å². The molecule has 0 bridgehead atoms. The first-order valence-electron chi connectivity index (χ1n) is 17.2. The summed E-state index contributed by atoms with van der Waals surface area (Å²) in [5.41, 5.74) is 12.6. The molecule has 254 valence electrons. The van der Waals surface area contributed by atoms with Gasteiger partial charge in [-0.3, -0.25) is 9.05 Å². The van der Waals surface area contributed by atoms with Crippen LogP contribution >= 0.6 is 16.5 Å². The Morgan fingerprint density at radius 1 is 0.479 bits per heavy atom. The van der Waals surface area contributed by atoms with E-state index >= 15 is 0 Å². The first kappa shape index (κ1) is 34.5. The average Bonchev–Trinajstić information content (AvgIpc) is 3.29. The van der Waals surface area contributed by atoms with Crippen molar-refractivity contribution in [3.63, 3.8) is 0 Å². The van der Waals surface area contributed by atoms with Gasteiger partial charge in [-0.2, -0.15) is 0 Å². The van der Waals surface area contributed by atoms with Crippen LogP contribution in [-0.2, 0) is 19.3 Å². The number of aryl methyl sites for hydroxylation is 8. The van der Waals surface area contributed by atoms with Crippen LogP contribution in [0, 0.1) is 34.6 Å². The summed E-state index contributed by atoms with van der Waals surface area (Å²) in [5.74, 6) is 0. The lowest BCUT2D eigenvalue weighted by molar-refractivity contribution is 0.184. The van der Waals surface area contributed by atoms with Crippen molar-refractivity contribution in [2.45, 2.75) is 107 Å². The lowest BCUT2D eigenvalue weighted by atomic mass is 9.99. The normalized spacial score (nSPS) is 13.5. The Morgan fingerprint density at radius 2 is 0.792 bits per heavy atom. The van der Waals surface area contributed by atoms with Crippen LogP contribution in [0.3, 0.4) is 0 Å². The zero-order valence-corrected chi connectivity index (χ0v) is 31.7. The van der Waals surface area contributed by atoms with E-state index in [0.29, 0.717) is 6.42 Å². The van der Waals surface area contributed by atoms with Gasteiger partial charge in [-0.25, -0.2) is 0 Å². The molecule has 0 radical (unpaired) electrons. The standard InChI is InChI=1S/C40H48O6P2/c1-11-30-16-25(6)38-34(20-30)33-15-23(4)14-24(5)37(33)43-47(44-38)41-28(9)19-29(10)42-48-45-39-26(7)17-31(12-2)21-35(39)36-22-32(13-3)18-27(8)40(36)46-48/h14-18,20-22,28-29H,11-13,19H2,1-10H3/t28-,29-,47?/m1/s1. The molecule has 0 spiro atoms. The van der Waals surface area contributed by atoms with Crippen LogP contribution in [0.25, 0.3) is 43.9 Å². The van der Waals surface area contributed by atoms with Crippen molar-refractivity contribution >= 4 is 60.4 Å². The minimum atomic E-state index is -1.72. The van der Waals surface area contributed by atoms with Gasteiger partial charge in [-0.15, -0.1) is 0 Å². The number of hydrogen-bond donors (Lipinski definition) is 0. The van der Waals surface area contributed by atoms with E-state index in [1.165, 1.54) is 22.3 Å². The molecule has 0 aliphatic heterocycles. The third-order valence-corrected chi connectivity index (χ3v) is 11.5. The monoisotopic (exact) mass is 686 g/mol. The molecule has 6 aromatic rings. The van der Waals surface area contributed by atoms with E-state index in [0.717, 1.165) is 85.4 Å². The second kappa shape index (κ2) is 14.2. The number of benzene rings is 4. The maximum Gasteiger partial charge on any atom is 0.387 e. The highest BCUT2D eigenvalue weighted by Gasteiger charge is 2.20. The molecule has 0 N–H and O–H groups in total. The van der Waals surface area contributed by atoms with E-state index in [2.05, 4.69) is 104 Å². The lowest BCUT2D eigenvalue weighted by Gasteiger charge is -2.15. The van der Waals surface area contributed by atoms with Gasteiger partial charge in [0.1, 0.15) is 22.3 Å². The number of hydrogen-bond acceptors (Lipinski definition) is 6. The van der Waals surface area contributed by atoms with Crippen molar-refractivity contribution in [3.05, 3.63) is 93.0 Å². The molecule has 3 atom stereocenters. The van der Waals surface area contributed by atoms with Crippen molar-refractivity contribution < 1.29 is 25.8 Å². The lowest BCUT2D eigenvalue weighted by Crippen LogP contribution is -2.21. The topological polar surface area (TPSA) is 71.0 Å². The summed E-state index contributed by atoms with van der Waals surface area (Å²) in [6.45, 7) is 21.1. The molecule has 8 heteroatoms. The summed E-state index contributed by atoms with van der Waals surface area (Å²) in [7, 11) is -3.45. The maximum atomic E-state index is 6.58. The summed E-state index contributed by atoms with van der Waals surface area (Å²) in [5, 5.41) is 4.24. The minimum absolute atomic E-state index is 0.221. The molecular weight excluding hydrogens is 638 g/mol. The predicted octanol–water partition coefficient (Wildman–Crippen LogP) is 12.8. The van der Waals surface area contributed by atoms with Gasteiger partial charge in [-0.1, -0.05) is 45.0 Å². The van der Waals surface area contributed by atoms with Crippen molar-refractivity contribution in [2.75, 3.05) is 0 Å². The smallest absolute Gasteiger partial charge is 0.387 e. The molecule has 1 unspecified atom stereocenters. The molecule has 0 aliphatic rings. The molecule has 0 saturated carbocycles. The zero-order valence-electron chi connectivity index (χ0n) is 29.9. The van der Waals surface area contributed by atoms with Crippen LogP contribution in [0.1, 0.15) is 85.5 Å². The molecule has 0 saturated heterocycles. The Balaban J connectivity index is 1.35. The average molecular weight is 687 g/mol. The fourth-order valence-corrected chi connectivity index (χ4v) is 9.24. The summed E-state index contributed by atoms with van der Waals surface area (Å²) in [4.78, 5) is 0. The van der Waals surface area contributed by atoms with E-state index in [1.807, 2.05) is 13.8 Å². The second-order valence-corrected chi connectivity index (χ2v) is 15.3. The third-order valence-electron chi connectivity index (χ3n) is 9.09. The minimum Gasteiger partial charge on any atom is -0.399 e. The summed E-state index contributed by atoms with van der Waals surface area (Å²) in [6.07, 6.45) is 2.99. The SMILES string of the molecule is CCc1cc(C)c2op(O[C@H](C)C[C@@H](C)Op3oc4c(C)cc(CC)cc4c4cc(CC)cc(C)c4o3)oc3c(C)cc(C)cc3c2c1. The van der Waals surface area contributed by atoms with Gasteiger partial charge in [0.2, 0.25) is 0 Å². The zero-order chi connectivity index (χ0) is 34.3. The van der Waals surface area contributed by atoms with Crippen LogP contribution in [-0.4, -0.2) is 12.2 Å². The number of fused-ring (bicyclic) bond motifs is 6. The Kier molecular flexibility index (Phi) is 10.2. The Hall–Kier alpha value is -3.40. The van der Waals surface area contributed by atoms with Gasteiger partial charge in [0, 0.05) is 28.0 Å². The highest BCUT2D eigenvalue weighted by Crippen LogP contribution is 2.40. The van der Waals surface area contributed by atoms with E-state index in [-0.39, 0.29) is 12.2 Å². The first-order valence-corrected chi connectivity index (χ1v) is 19.3. The molecule has 48 heavy (non-hydrogen) atoms. The predicted molar refractivity (Wildman–Crippen MR) is 201 cm³/mol. The highest BCUT2D eigenvalue weighted by molar-refractivity contribution is 7.32. The van der Waals surface area contributed by atoms with Crippen LogP contribution in [0.15, 0.2) is 65.3 Å². The second-order valence-electron chi connectivity index (χ2n) is 13.3. The molecule has 4 aromatic carbocycles. The van der Waals surface area contributed by atoms with Crippen LogP contribution in [0.5, 0.6) is 0 Å². The van der Waals surface area contributed by atoms with Crippen LogP contribution in [0.4, 0.5) is 0 Å². The molecule has 2 aromatic heterocycles. The summed E-state index contributed by atoms with van der Waals surface area (Å²) < 4.78 is 39.4. The van der Waals surface area contributed by atoms with E-state index in [4.69, 9.17) is 25.8 Å². The van der Waals surface area contributed by atoms with Crippen LogP contribution in [0.2, 0.25) is 0 Å². The Morgan fingerprint density at radius 3 is 1.12 bits per heavy atom. The van der Waals surface area contributed by atoms with Gasteiger partial charge in [0.15, 0.2) is 0 Å². The first-order chi connectivity index (χ1) is 23.0. The summed E-state index contributed by atoms with van der Waals surface area (Å²) >= 11 is 0. The quantitative estimate of drug-likeness (QED) is 0.151. The molecule has 0 aliphatic carbocycles. The molecule has 6 nitrogen and oxygen atoms in total. The van der Waals surface area contributed by atoms with Crippen LogP contribution < -0.4 is 9.05 Å². The Labute approximate surface area is 285 Å².